The third-order valence-electron chi connectivity index (χ3n) is 3.04. The Morgan fingerprint density at radius 1 is 1.47 bits per heavy atom. The SMILES string of the molecule is CNC(C)C(=O)c1cn(C)c2cc(F)ccc12. The smallest absolute Gasteiger partial charge is 0.181 e. The monoisotopic (exact) mass is 234 g/mol. The highest BCUT2D eigenvalue weighted by Gasteiger charge is 2.18. The van der Waals surface area contributed by atoms with Crippen molar-refractivity contribution < 1.29 is 9.18 Å². The molecule has 0 saturated heterocycles. The molecule has 0 spiro atoms. The molecule has 1 unspecified atom stereocenters. The summed E-state index contributed by atoms with van der Waals surface area (Å²) in [6.45, 7) is 1.81. The molecule has 17 heavy (non-hydrogen) atoms. The molecule has 0 saturated carbocycles. The Morgan fingerprint density at radius 3 is 2.82 bits per heavy atom. The number of nitrogens with zero attached hydrogens (tertiary/aromatic N) is 1. The zero-order valence-electron chi connectivity index (χ0n) is 10.1. The van der Waals surface area contributed by atoms with Crippen molar-refractivity contribution in [3.05, 3.63) is 35.8 Å². The Hall–Kier alpha value is -1.68. The van der Waals surface area contributed by atoms with Crippen LogP contribution in [0.1, 0.15) is 17.3 Å². The van der Waals surface area contributed by atoms with E-state index >= 15 is 0 Å². The van der Waals surface area contributed by atoms with Gasteiger partial charge in [-0.2, -0.15) is 0 Å². The number of aryl methyl sites for hydroxylation is 1. The van der Waals surface area contributed by atoms with Crippen LogP contribution in [0.4, 0.5) is 4.39 Å². The highest BCUT2D eigenvalue weighted by molar-refractivity contribution is 6.10. The van der Waals surface area contributed by atoms with Gasteiger partial charge in [0.2, 0.25) is 0 Å². The van der Waals surface area contributed by atoms with Gasteiger partial charge in [-0.15, -0.1) is 0 Å². The number of hydrogen-bond acceptors (Lipinski definition) is 2. The van der Waals surface area contributed by atoms with E-state index in [4.69, 9.17) is 0 Å². The first-order chi connectivity index (χ1) is 8.04. The van der Waals surface area contributed by atoms with Gasteiger partial charge in [-0.1, -0.05) is 0 Å². The fourth-order valence-corrected chi connectivity index (χ4v) is 1.92. The molecule has 1 N–H and O–H groups in total. The second-order valence-corrected chi connectivity index (χ2v) is 4.19. The molecule has 4 heteroatoms. The van der Waals surface area contributed by atoms with E-state index in [0.717, 1.165) is 10.9 Å². The number of benzene rings is 1. The molecule has 90 valence electrons. The number of rotatable bonds is 3. The predicted octanol–water partition coefficient (Wildman–Crippen LogP) is 2.11. The quantitative estimate of drug-likeness (QED) is 0.825. The van der Waals surface area contributed by atoms with Gasteiger partial charge in [0, 0.05) is 24.2 Å². The third-order valence-corrected chi connectivity index (χ3v) is 3.04. The lowest BCUT2D eigenvalue weighted by molar-refractivity contribution is 0.0956. The van der Waals surface area contributed by atoms with Gasteiger partial charge < -0.3 is 9.88 Å². The zero-order chi connectivity index (χ0) is 12.6. The Balaban J connectivity index is 2.60. The van der Waals surface area contributed by atoms with Gasteiger partial charge in [0.05, 0.1) is 11.6 Å². The van der Waals surface area contributed by atoms with E-state index in [1.54, 1.807) is 23.9 Å². The predicted molar refractivity (Wildman–Crippen MR) is 65.7 cm³/mol. The summed E-state index contributed by atoms with van der Waals surface area (Å²) in [6.07, 6.45) is 1.75. The van der Waals surface area contributed by atoms with Crippen LogP contribution in [-0.4, -0.2) is 23.4 Å². The average Bonchev–Trinajstić information content (AvgIpc) is 2.64. The normalized spacial score (nSPS) is 12.9. The molecule has 0 radical (unpaired) electrons. The van der Waals surface area contributed by atoms with Crippen LogP contribution in [0.5, 0.6) is 0 Å². The molecule has 1 atom stereocenters. The molecule has 2 aromatic rings. The van der Waals surface area contributed by atoms with Crippen LogP contribution in [-0.2, 0) is 7.05 Å². The minimum atomic E-state index is -0.292. The van der Waals surface area contributed by atoms with Crippen molar-refractivity contribution in [2.45, 2.75) is 13.0 Å². The van der Waals surface area contributed by atoms with Gasteiger partial charge >= 0.3 is 0 Å². The fourth-order valence-electron chi connectivity index (χ4n) is 1.92. The molecule has 3 nitrogen and oxygen atoms in total. The maximum absolute atomic E-state index is 13.1. The Kier molecular flexibility index (Phi) is 2.98. The molecule has 1 aromatic heterocycles. The fraction of sp³-hybridized carbons (Fsp3) is 0.308. The summed E-state index contributed by atoms with van der Waals surface area (Å²) in [5.74, 6) is -0.274. The minimum Gasteiger partial charge on any atom is -0.350 e. The van der Waals surface area contributed by atoms with Gasteiger partial charge in [-0.3, -0.25) is 4.79 Å². The van der Waals surface area contributed by atoms with Crippen LogP contribution in [0.3, 0.4) is 0 Å². The summed E-state index contributed by atoms with van der Waals surface area (Å²) < 4.78 is 14.9. The number of Topliss-reactive ketones (excluding diaryl/α,β-unsaturated/α-hetero) is 1. The highest BCUT2D eigenvalue weighted by atomic mass is 19.1. The van der Waals surface area contributed by atoms with Crippen molar-refractivity contribution in [3.8, 4) is 0 Å². The van der Waals surface area contributed by atoms with Gasteiger partial charge in [-0.05, 0) is 32.2 Å². The van der Waals surface area contributed by atoms with Crippen LogP contribution in [0, 0.1) is 5.82 Å². The van der Waals surface area contributed by atoms with Crippen molar-refractivity contribution in [3.63, 3.8) is 0 Å². The molecule has 1 aromatic carbocycles. The summed E-state index contributed by atoms with van der Waals surface area (Å²) in [4.78, 5) is 12.1. The van der Waals surface area contributed by atoms with Crippen molar-refractivity contribution in [1.82, 2.24) is 9.88 Å². The van der Waals surface area contributed by atoms with Crippen LogP contribution < -0.4 is 5.32 Å². The molecular formula is C13H15FN2O. The van der Waals surface area contributed by atoms with E-state index in [1.807, 2.05) is 14.0 Å². The molecule has 0 aliphatic rings. The van der Waals surface area contributed by atoms with Crippen LogP contribution in [0.25, 0.3) is 10.9 Å². The largest absolute Gasteiger partial charge is 0.350 e. The first-order valence-electron chi connectivity index (χ1n) is 5.50. The van der Waals surface area contributed by atoms with Crippen molar-refractivity contribution >= 4 is 16.7 Å². The third kappa shape index (κ3) is 1.96. The van der Waals surface area contributed by atoms with Gasteiger partial charge in [-0.25, -0.2) is 4.39 Å². The number of hydrogen-bond donors (Lipinski definition) is 1. The second kappa shape index (κ2) is 4.30. The highest BCUT2D eigenvalue weighted by Crippen LogP contribution is 2.22. The van der Waals surface area contributed by atoms with Crippen LogP contribution >= 0.6 is 0 Å². The lowest BCUT2D eigenvalue weighted by Gasteiger charge is -2.07. The Bertz CT molecular complexity index is 574. The van der Waals surface area contributed by atoms with Gasteiger partial charge in [0.1, 0.15) is 5.82 Å². The van der Waals surface area contributed by atoms with E-state index < -0.39 is 0 Å². The molecular weight excluding hydrogens is 219 g/mol. The van der Waals surface area contributed by atoms with Crippen molar-refractivity contribution in [2.24, 2.45) is 7.05 Å². The summed E-state index contributed by atoms with van der Waals surface area (Å²) in [6, 6.07) is 4.23. The van der Waals surface area contributed by atoms with E-state index in [9.17, 15) is 9.18 Å². The second-order valence-electron chi connectivity index (χ2n) is 4.19. The van der Waals surface area contributed by atoms with Crippen molar-refractivity contribution in [2.75, 3.05) is 7.05 Å². The average molecular weight is 234 g/mol. The van der Waals surface area contributed by atoms with Gasteiger partial charge in [0.15, 0.2) is 5.78 Å². The zero-order valence-corrected chi connectivity index (χ0v) is 10.1. The van der Waals surface area contributed by atoms with Gasteiger partial charge in [0.25, 0.3) is 0 Å². The standard InChI is InChI=1S/C13H15FN2O/c1-8(15-2)13(17)11-7-16(3)12-6-9(14)4-5-10(11)12/h4-8,15H,1-3H3. The molecule has 0 amide bonds. The number of nitrogens with one attached hydrogen (secondary N) is 1. The van der Waals surface area contributed by atoms with E-state index in [0.29, 0.717) is 5.56 Å². The number of ketones is 1. The molecule has 0 aliphatic carbocycles. The number of carbonyl (C=O) groups is 1. The Morgan fingerprint density at radius 2 is 2.18 bits per heavy atom. The summed E-state index contributed by atoms with van der Waals surface area (Å²) in [5.41, 5.74) is 1.36. The lowest BCUT2D eigenvalue weighted by atomic mass is 10.0. The Labute approximate surface area is 99.2 Å². The number of likely N-dealkylation sites (N-methyl/N-ethyl adjacent to an activating group) is 1. The molecule has 0 aliphatic heterocycles. The maximum Gasteiger partial charge on any atom is 0.181 e. The molecule has 0 bridgehead atoms. The number of fused-ring (bicyclic) bond motifs is 1. The van der Waals surface area contributed by atoms with E-state index in [2.05, 4.69) is 5.32 Å². The molecule has 2 rings (SSSR count). The van der Waals surface area contributed by atoms with Crippen LogP contribution in [0.15, 0.2) is 24.4 Å². The summed E-state index contributed by atoms with van der Waals surface area (Å²) >= 11 is 0. The number of aromatic nitrogens is 1. The molecule has 1 heterocycles. The summed E-state index contributed by atoms with van der Waals surface area (Å²) in [7, 11) is 3.55. The molecule has 0 fully saturated rings. The van der Waals surface area contributed by atoms with Crippen LogP contribution in [0.2, 0.25) is 0 Å². The number of carbonyl (C=O) groups excluding carboxylic acids is 1. The number of halogens is 1. The first kappa shape index (κ1) is 11.8. The van der Waals surface area contributed by atoms with Crippen molar-refractivity contribution in [1.29, 1.82) is 0 Å². The maximum atomic E-state index is 13.1. The minimum absolute atomic E-state index is 0.0182. The first-order valence-corrected chi connectivity index (χ1v) is 5.50. The van der Waals surface area contributed by atoms with E-state index in [1.165, 1.54) is 12.1 Å². The summed E-state index contributed by atoms with van der Waals surface area (Å²) in [5, 5.41) is 3.71. The topological polar surface area (TPSA) is 34.0 Å². The van der Waals surface area contributed by atoms with E-state index in [-0.39, 0.29) is 17.6 Å². The lowest BCUT2D eigenvalue weighted by Crippen LogP contribution is -2.30.